The van der Waals surface area contributed by atoms with Crippen LogP contribution in [0.4, 0.5) is 0 Å². The van der Waals surface area contributed by atoms with Gasteiger partial charge in [0.25, 0.3) is 0 Å². The Morgan fingerprint density at radius 1 is 1.26 bits per heavy atom. The minimum atomic E-state index is -0.213. The van der Waals surface area contributed by atoms with Crippen molar-refractivity contribution >= 4 is 34.2 Å². The standard InChI is InChI=1S/C18H25BrN2O.ClH/c1-2-20-13-14-7-11-21(12-8-14)17(22)18(9-10-18)15-3-5-16(19)6-4-15;/h3-6,14,20H,2,7-13H2,1H3;1H. The van der Waals surface area contributed by atoms with Crippen LogP contribution in [0.3, 0.4) is 0 Å². The molecule has 23 heavy (non-hydrogen) atoms. The first-order valence-electron chi connectivity index (χ1n) is 8.42. The SMILES string of the molecule is CCNCC1CCN(C(=O)C2(c3ccc(Br)cc3)CC2)CC1.Cl. The molecule has 0 radical (unpaired) electrons. The Bertz CT molecular complexity index is 522. The number of hydrogen-bond donors (Lipinski definition) is 1. The molecule has 1 N–H and O–H groups in total. The van der Waals surface area contributed by atoms with Crippen molar-refractivity contribution < 1.29 is 4.79 Å². The van der Waals surface area contributed by atoms with Crippen LogP contribution in [-0.2, 0) is 10.2 Å². The number of likely N-dealkylation sites (tertiary alicyclic amines) is 1. The largest absolute Gasteiger partial charge is 0.342 e. The molecule has 1 saturated heterocycles. The van der Waals surface area contributed by atoms with Crippen LogP contribution in [0.1, 0.15) is 38.2 Å². The number of nitrogens with zero attached hydrogens (tertiary/aromatic N) is 1. The third kappa shape index (κ3) is 4.09. The Kier molecular flexibility index (Phi) is 6.52. The van der Waals surface area contributed by atoms with Gasteiger partial charge >= 0.3 is 0 Å². The molecule has 3 rings (SSSR count). The Morgan fingerprint density at radius 2 is 1.87 bits per heavy atom. The molecule has 5 heteroatoms. The number of nitrogens with one attached hydrogen (secondary N) is 1. The second-order valence-electron chi connectivity index (χ2n) is 6.63. The average Bonchev–Trinajstić information content (AvgIpc) is 3.35. The van der Waals surface area contributed by atoms with Crippen molar-refractivity contribution in [1.82, 2.24) is 10.2 Å². The van der Waals surface area contributed by atoms with Crippen LogP contribution in [0.15, 0.2) is 28.7 Å². The second-order valence-corrected chi connectivity index (χ2v) is 7.55. The zero-order chi connectivity index (χ0) is 15.6. The molecule has 0 spiro atoms. The molecular formula is C18H26BrClN2O. The van der Waals surface area contributed by atoms with Gasteiger partial charge in [0.15, 0.2) is 0 Å². The van der Waals surface area contributed by atoms with Crippen molar-refractivity contribution in [3.05, 3.63) is 34.3 Å². The van der Waals surface area contributed by atoms with Crippen LogP contribution in [0.25, 0.3) is 0 Å². The highest BCUT2D eigenvalue weighted by Crippen LogP contribution is 2.50. The maximum atomic E-state index is 13.0. The molecule has 1 aliphatic carbocycles. The van der Waals surface area contributed by atoms with E-state index in [1.165, 1.54) is 5.56 Å². The van der Waals surface area contributed by atoms with E-state index in [1.807, 2.05) is 12.1 Å². The summed E-state index contributed by atoms with van der Waals surface area (Å²) in [5.41, 5.74) is 0.977. The second kappa shape index (κ2) is 8.00. The van der Waals surface area contributed by atoms with Crippen LogP contribution < -0.4 is 5.32 Å². The summed E-state index contributed by atoms with van der Waals surface area (Å²) in [6.07, 6.45) is 4.28. The predicted octanol–water partition coefficient (Wildman–Crippen LogP) is 3.75. The molecule has 0 aromatic heterocycles. The minimum Gasteiger partial charge on any atom is -0.342 e. The van der Waals surface area contributed by atoms with Gasteiger partial charge in [-0.1, -0.05) is 35.0 Å². The summed E-state index contributed by atoms with van der Waals surface area (Å²) < 4.78 is 1.07. The topological polar surface area (TPSA) is 32.3 Å². The molecule has 1 aromatic carbocycles. The lowest BCUT2D eigenvalue weighted by atomic mass is 9.91. The maximum Gasteiger partial charge on any atom is 0.233 e. The lowest BCUT2D eigenvalue weighted by molar-refractivity contribution is -0.135. The fraction of sp³-hybridized carbons (Fsp3) is 0.611. The van der Waals surface area contributed by atoms with Crippen LogP contribution >= 0.6 is 28.3 Å². The maximum absolute atomic E-state index is 13.0. The summed E-state index contributed by atoms with van der Waals surface area (Å²) in [6.45, 7) is 6.12. The molecule has 1 heterocycles. The highest BCUT2D eigenvalue weighted by Gasteiger charge is 2.53. The van der Waals surface area contributed by atoms with Gasteiger partial charge in [0, 0.05) is 17.6 Å². The summed E-state index contributed by atoms with van der Waals surface area (Å²) in [4.78, 5) is 15.1. The number of piperidine rings is 1. The quantitative estimate of drug-likeness (QED) is 0.815. The number of carbonyl (C=O) groups excluding carboxylic acids is 1. The predicted molar refractivity (Wildman–Crippen MR) is 100 cm³/mol. The van der Waals surface area contributed by atoms with Gasteiger partial charge in [-0.3, -0.25) is 4.79 Å². The van der Waals surface area contributed by atoms with E-state index in [1.54, 1.807) is 0 Å². The van der Waals surface area contributed by atoms with E-state index in [0.29, 0.717) is 5.91 Å². The Labute approximate surface area is 153 Å². The zero-order valence-electron chi connectivity index (χ0n) is 13.7. The number of rotatable bonds is 5. The van der Waals surface area contributed by atoms with Crippen LogP contribution in [0.5, 0.6) is 0 Å². The average molecular weight is 402 g/mol. The van der Waals surface area contributed by atoms with Crippen LogP contribution in [-0.4, -0.2) is 37.0 Å². The summed E-state index contributed by atoms with van der Waals surface area (Å²) in [5.74, 6) is 1.09. The molecule has 0 unspecified atom stereocenters. The van der Waals surface area contributed by atoms with Crippen molar-refractivity contribution in [2.24, 2.45) is 5.92 Å². The Morgan fingerprint density at radius 3 is 2.39 bits per heavy atom. The Hall–Kier alpha value is -0.580. The summed E-state index contributed by atoms with van der Waals surface area (Å²) in [7, 11) is 0. The molecule has 1 aliphatic heterocycles. The molecule has 128 valence electrons. The number of hydrogen-bond acceptors (Lipinski definition) is 2. The van der Waals surface area contributed by atoms with E-state index in [9.17, 15) is 4.79 Å². The van der Waals surface area contributed by atoms with Crippen LogP contribution in [0.2, 0.25) is 0 Å². The van der Waals surface area contributed by atoms with E-state index in [4.69, 9.17) is 0 Å². The first kappa shape index (κ1) is 18.8. The summed E-state index contributed by atoms with van der Waals surface area (Å²) >= 11 is 3.47. The summed E-state index contributed by atoms with van der Waals surface area (Å²) in [6, 6.07) is 8.30. The van der Waals surface area contributed by atoms with Gasteiger partial charge in [0.1, 0.15) is 0 Å². The van der Waals surface area contributed by atoms with E-state index in [0.717, 1.165) is 62.3 Å². The monoisotopic (exact) mass is 400 g/mol. The lowest BCUT2D eigenvalue weighted by Gasteiger charge is -2.34. The number of amides is 1. The molecule has 1 aromatic rings. The van der Waals surface area contributed by atoms with Crippen molar-refractivity contribution in [2.75, 3.05) is 26.2 Å². The van der Waals surface area contributed by atoms with E-state index >= 15 is 0 Å². The molecular weight excluding hydrogens is 376 g/mol. The van der Waals surface area contributed by atoms with Gasteiger partial charge in [0.2, 0.25) is 5.91 Å². The van der Waals surface area contributed by atoms with E-state index < -0.39 is 0 Å². The molecule has 2 fully saturated rings. The van der Waals surface area contributed by atoms with Gasteiger partial charge in [0.05, 0.1) is 5.41 Å². The lowest BCUT2D eigenvalue weighted by Crippen LogP contribution is -2.45. The third-order valence-electron chi connectivity index (χ3n) is 5.14. The highest BCUT2D eigenvalue weighted by molar-refractivity contribution is 9.10. The number of benzene rings is 1. The van der Waals surface area contributed by atoms with Gasteiger partial charge in [-0.25, -0.2) is 0 Å². The van der Waals surface area contributed by atoms with Crippen molar-refractivity contribution in [1.29, 1.82) is 0 Å². The zero-order valence-corrected chi connectivity index (χ0v) is 16.1. The normalized spacial score (nSPS) is 20.0. The van der Waals surface area contributed by atoms with Gasteiger partial charge in [-0.2, -0.15) is 0 Å². The van der Waals surface area contributed by atoms with Crippen LogP contribution in [0, 0.1) is 5.92 Å². The first-order chi connectivity index (χ1) is 10.7. The highest BCUT2D eigenvalue weighted by atomic mass is 79.9. The minimum absolute atomic E-state index is 0. The fourth-order valence-corrected chi connectivity index (χ4v) is 3.78. The molecule has 1 saturated carbocycles. The summed E-state index contributed by atoms with van der Waals surface area (Å²) in [5, 5.41) is 3.43. The van der Waals surface area contributed by atoms with Crippen molar-refractivity contribution in [3.8, 4) is 0 Å². The van der Waals surface area contributed by atoms with Crippen molar-refractivity contribution in [3.63, 3.8) is 0 Å². The smallest absolute Gasteiger partial charge is 0.233 e. The molecule has 0 bridgehead atoms. The Balaban J connectivity index is 0.00000192. The molecule has 0 atom stereocenters. The third-order valence-corrected chi connectivity index (χ3v) is 5.67. The molecule has 1 amide bonds. The van der Waals surface area contributed by atoms with E-state index in [-0.39, 0.29) is 17.8 Å². The number of halogens is 2. The number of carbonyl (C=O) groups is 1. The molecule has 3 nitrogen and oxygen atoms in total. The van der Waals surface area contributed by atoms with Gasteiger partial charge in [-0.15, -0.1) is 12.4 Å². The first-order valence-corrected chi connectivity index (χ1v) is 9.21. The molecule has 2 aliphatic rings. The van der Waals surface area contributed by atoms with Gasteiger partial charge < -0.3 is 10.2 Å². The fourth-order valence-electron chi connectivity index (χ4n) is 3.51. The van der Waals surface area contributed by atoms with E-state index in [2.05, 4.69) is 45.2 Å². The van der Waals surface area contributed by atoms with Gasteiger partial charge in [-0.05, 0) is 62.4 Å². The van der Waals surface area contributed by atoms with Crippen molar-refractivity contribution in [2.45, 2.75) is 38.0 Å².